The molecule has 150 valence electrons. The van der Waals surface area contributed by atoms with Crippen molar-refractivity contribution in [1.82, 2.24) is 4.90 Å². The highest BCUT2D eigenvalue weighted by Gasteiger charge is 2.55. The highest BCUT2D eigenvalue weighted by molar-refractivity contribution is 6.05. The minimum atomic E-state index is -1.36. The van der Waals surface area contributed by atoms with Crippen LogP contribution in [0.1, 0.15) is 30.0 Å². The van der Waals surface area contributed by atoms with Gasteiger partial charge in [0.25, 0.3) is 0 Å². The van der Waals surface area contributed by atoms with Crippen molar-refractivity contribution in [3.05, 3.63) is 71.2 Å². The van der Waals surface area contributed by atoms with Crippen molar-refractivity contribution in [2.45, 2.75) is 38.6 Å². The molecule has 3 N–H and O–H groups in total. The second-order valence-electron chi connectivity index (χ2n) is 7.64. The number of amides is 1. The molecule has 4 rings (SSSR count). The standard InChI is InChI=1S/C22H23N3O4/c1-13(26)19-18-10-17(20(22(28)29)25(18)21(19)27)16-4-2-15(3-5-16)12-24-8-6-14(11-23)7-9-24/h2-9,13,18-19,26H,10-12,23H2,1H3/t13-,18-,19-/m1/s1. The van der Waals surface area contributed by atoms with Crippen molar-refractivity contribution in [3.8, 4) is 0 Å². The summed E-state index contributed by atoms with van der Waals surface area (Å²) in [5.74, 6) is -2.28. The fourth-order valence-corrected chi connectivity index (χ4v) is 4.27. The van der Waals surface area contributed by atoms with Gasteiger partial charge in [-0.2, -0.15) is 0 Å². The van der Waals surface area contributed by atoms with E-state index in [0.29, 0.717) is 25.1 Å². The van der Waals surface area contributed by atoms with Crippen molar-refractivity contribution in [2.75, 3.05) is 0 Å². The molecule has 1 amide bonds. The fraction of sp³-hybridized carbons (Fsp3) is 0.318. The van der Waals surface area contributed by atoms with Gasteiger partial charge in [0.05, 0.1) is 29.7 Å². The van der Waals surface area contributed by atoms with Crippen LogP contribution in [0.15, 0.2) is 54.5 Å². The molecule has 1 aromatic heterocycles. The molecule has 7 nitrogen and oxygen atoms in total. The van der Waals surface area contributed by atoms with Crippen molar-refractivity contribution >= 4 is 17.4 Å². The summed E-state index contributed by atoms with van der Waals surface area (Å²) in [6.45, 7) is 2.74. The van der Waals surface area contributed by atoms with Crippen LogP contribution in [0.5, 0.6) is 0 Å². The van der Waals surface area contributed by atoms with Crippen molar-refractivity contribution < 1.29 is 24.4 Å². The van der Waals surface area contributed by atoms with E-state index in [4.69, 9.17) is 5.73 Å². The summed E-state index contributed by atoms with van der Waals surface area (Å²) in [4.78, 5) is 25.3. The van der Waals surface area contributed by atoms with E-state index in [-0.39, 0.29) is 17.6 Å². The van der Waals surface area contributed by atoms with Gasteiger partial charge in [0, 0.05) is 24.2 Å². The molecule has 29 heavy (non-hydrogen) atoms. The molecule has 0 bridgehead atoms. The Morgan fingerprint density at radius 1 is 1.24 bits per heavy atom. The summed E-state index contributed by atoms with van der Waals surface area (Å²) in [7, 11) is 0. The van der Waals surface area contributed by atoms with E-state index in [0.717, 1.165) is 16.7 Å². The minimum Gasteiger partial charge on any atom is -0.543 e. The number of carbonyl (C=O) groups is 2. The molecule has 0 saturated carbocycles. The molecular formula is C22H23N3O4. The maximum atomic E-state index is 12.3. The number of carboxylic acids is 1. The molecule has 0 spiro atoms. The van der Waals surface area contributed by atoms with E-state index in [1.54, 1.807) is 6.92 Å². The summed E-state index contributed by atoms with van der Waals surface area (Å²) in [5, 5.41) is 21.6. The zero-order valence-corrected chi connectivity index (χ0v) is 16.1. The van der Waals surface area contributed by atoms with E-state index in [1.807, 2.05) is 53.4 Å². The largest absolute Gasteiger partial charge is 0.543 e. The van der Waals surface area contributed by atoms with Crippen LogP contribution < -0.4 is 15.4 Å². The number of rotatable bonds is 6. The first-order valence-corrected chi connectivity index (χ1v) is 9.63. The number of aromatic nitrogens is 1. The third kappa shape index (κ3) is 3.32. The topological polar surface area (TPSA) is 111 Å². The Labute approximate surface area is 168 Å². The van der Waals surface area contributed by atoms with Crippen LogP contribution in [0.4, 0.5) is 0 Å². The number of carboxylic acid groups (broad SMARTS) is 1. The zero-order valence-electron chi connectivity index (χ0n) is 16.1. The van der Waals surface area contributed by atoms with E-state index in [9.17, 15) is 19.8 Å². The van der Waals surface area contributed by atoms with Gasteiger partial charge in [-0.15, -0.1) is 0 Å². The molecule has 1 saturated heterocycles. The Hall–Kier alpha value is -3.03. The SMILES string of the molecule is C[C@@H](O)[C@H]1C(=O)N2C(C(=O)[O-])=C(c3ccc(C[n+]4ccc(CN)cc4)cc3)C[C@H]12. The number of fused-ring (bicyclic) bond motifs is 1. The van der Waals surface area contributed by atoms with E-state index in [2.05, 4.69) is 0 Å². The molecule has 2 aliphatic rings. The molecular weight excluding hydrogens is 370 g/mol. The van der Waals surface area contributed by atoms with E-state index < -0.39 is 18.0 Å². The van der Waals surface area contributed by atoms with Crippen molar-refractivity contribution in [3.63, 3.8) is 0 Å². The fourth-order valence-electron chi connectivity index (χ4n) is 4.27. The Morgan fingerprint density at radius 2 is 1.90 bits per heavy atom. The summed E-state index contributed by atoms with van der Waals surface area (Å²) in [5.41, 5.74) is 9.01. The Kier molecular flexibility index (Phi) is 4.94. The molecule has 0 radical (unpaired) electrons. The number of aliphatic carboxylic acids is 1. The predicted molar refractivity (Wildman–Crippen MR) is 102 cm³/mol. The molecule has 3 atom stereocenters. The van der Waals surface area contributed by atoms with Gasteiger partial charge in [0.2, 0.25) is 5.91 Å². The van der Waals surface area contributed by atoms with Gasteiger partial charge in [0.1, 0.15) is 0 Å². The van der Waals surface area contributed by atoms with Crippen LogP contribution in [0, 0.1) is 5.92 Å². The molecule has 0 unspecified atom stereocenters. The Morgan fingerprint density at radius 3 is 2.45 bits per heavy atom. The van der Waals surface area contributed by atoms with Crippen LogP contribution in [-0.2, 0) is 22.7 Å². The first kappa shape index (κ1) is 19.3. The normalized spacial score (nSPS) is 21.8. The number of β-lactam (4-membered cyclic amide) rings is 1. The third-order valence-electron chi connectivity index (χ3n) is 5.79. The van der Waals surface area contributed by atoms with Gasteiger partial charge >= 0.3 is 0 Å². The third-order valence-corrected chi connectivity index (χ3v) is 5.79. The summed E-state index contributed by atoms with van der Waals surface area (Å²) >= 11 is 0. The number of pyridine rings is 1. The first-order valence-electron chi connectivity index (χ1n) is 9.63. The quantitative estimate of drug-likeness (QED) is 0.510. The number of nitrogens with two attached hydrogens (primary N) is 1. The summed E-state index contributed by atoms with van der Waals surface area (Å²) in [6.07, 6.45) is 3.53. The molecule has 3 heterocycles. The second-order valence-corrected chi connectivity index (χ2v) is 7.64. The van der Waals surface area contributed by atoms with Gasteiger partial charge in [-0.25, -0.2) is 4.57 Å². The lowest BCUT2D eigenvalue weighted by molar-refractivity contribution is -0.688. The maximum absolute atomic E-state index is 12.3. The maximum Gasteiger partial charge on any atom is 0.235 e. The lowest BCUT2D eigenvalue weighted by atomic mass is 9.82. The average Bonchev–Trinajstić information content (AvgIpc) is 3.04. The predicted octanol–water partition coefficient (Wildman–Crippen LogP) is -0.446. The lowest BCUT2D eigenvalue weighted by Gasteiger charge is -2.45. The summed E-state index contributed by atoms with van der Waals surface area (Å²) < 4.78 is 2.04. The Bertz CT molecular complexity index is 980. The number of benzene rings is 1. The molecule has 2 aromatic rings. The van der Waals surface area contributed by atoms with Crippen molar-refractivity contribution in [1.29, 1.82) is 0 Å². The smallest absolute Gasteiger partial charge is 0.235 e. The monoisotopic (exact) mass is 393 g/mol. The van der Waals surface area contributed by atoms with Crippen LogP contribution in [0.2, 0.25) is 0 Å². The number of aliphatic hydroxyl groups excluding tert-OH is 1. The number of hydrogen-bond donors (Lipinski definition) is 2. The van der Waals surface area contributed by atoms with Gasteiger partial charge in [0.15, 0.2) is 18.9 Å². The number of carbonyl (C=O) groups excluding carboxylic acids is 2. The molecule has 1 fully saturated rings. The molecule has 1 aromatic carbocycles. The van der Waals surface area contributed by atoms with Gasteiger partial charge < -0.3 is 25.6 Å². The number of nitrogens with zero attached hydrogens (tertiary/aromatic N) is 2. The molecule has 2 aliphatic heterocycles. The lowest BCUT2D eigenvalue weighted by Crippen LogP contribution is -2.62. The van der Waals surface area contributed by atoms with E-state index >= 15 is 0 Å². The Balaban J connectivity index is 1.56. The van der Waals surface area contributed by atoms with Gasteiger partial charge in [-0.05, 0) is 30.0 Å². The van der Waals surface area contributed by atoms with Crippen molar-refractivity contribution in [2.24, 2.45) is 11.7 Å². The van der Waals surface area contributed by atoms with Crippen LogP contribution in [0.25, 0.3) is 5.57 Å². The van der Waals surface area contributed by atoms with Crippen LogP contribution >= 0.6 is 0 Å². The molecule has 7 heteroatoms. The van der Waals surface area contributed by atoms with E-state index in [1.165, 1.54) is 4.90 Å². The average molecular weight is 393 g/mol. The van der Waals surface area contributed by atoms with Gasteiger partial charge in [-0.1, -0.05) is 24.3 Å². The summed E-state index contributed by atoms with van der Waals surface area (Å²) in [6, 6.07) is 11.3. The van der Waals surface area contributed by atoms with Gasteiger partial charge in [-0.3, -0.25) is 4.79 Å². The minimum absolute atomic E-state index is 0.0728. The van der Waals surface area contributed by atoms with Crippen LogP contribution in [0.3, 0.4) is 0 Å². The number of aliphatic hydroxyl groups is 1. The first-order chi connectivity index (χ1) is 13.9. The second kappa shape index (κ2) is 7.42. The molecule has 0 aliphatic carbocycles. The number of hydrogen-bond acceptors (Lipinski definition) is 5. The highest BCUT2D eigenvalue weighted by Crippen LogP contribution is 2.46. The zero-order chi connectivity index (χ0) is 20.7. The highest BCUT2D eigenvalue weighted by atomic mass is 16.4. The van der Waals surface area contributed by atoms with Crippen LogP contribution in [-0.4, -0.2) is 34.0 Å².